The molecule has 1 aromatic carbocycles. The van der Waals surface area contributed by atoms with Gasteiger partial charge in [0.05, 0.1) is 23.5 Å². The predicted molar refractivity (Wildman–Crippen MR) is 160 cm³/mol. The molecule has 5 rings (SSSR count). The van der Waals surface area contributed by atoms with E-state index in [4.69, 9.17) is 11.0 Å². The summed E-state index contributed by atoms with van der Waals surface area (Å²) in [5.74, 6) is -0.982. The molecule has 2 aromatic heterocycles. The highest BCUT2D eigenvalue weighted by atomic mass is 19.4. The molecule has 4 amide bonds. The second-order valence-electron chi connectivity index (χ2n) is 11.4. The number of rotatable bonds is 6. The normalized spacial score (nSPS) is 17.2. The number of imidazole rings is 1. The smallest absolute Gasteiger partial charge is 0.335 e. The van der Waals surface area contributed by atoms with Crippen LogP contribution in [0, 0.1) is 11.3 Å². The standard InChI is InChI=1S/C30H35F3N10O3/c1-3-19-15-21(6-7-22(19)28(45)40-11-13-41(14-12-40)29(46)42-9-4-5-20(35)17-42)37-27(44)26-36-16-24(39(26)2)23-18-43(10-8-34)38-25(23)30(31,32)33/h6-7,15-16,18,20H,3-5,9-14,17,35H2,1-2H3,(H,37,44). The molecule has 0 aliphatic carbocycles. The molecule has 2 fully saturated rings. The summed E-state index contributed by atoms with van der Waals surface area (Å²) in [6, 6.07) is 6.59. The number of nitrogens with zero attached hydrogens (tertiary/aromatic N) is 8. The first-order chi connectivity index (χ1) is 21.9. The number of aryl methyl sites for hydroxylation is 1. The first-order valence-electron chi connectivity index (χ1n) is 15.0. The summed E-state index contributed by atoms with van der Waals surface area (Å²) >= 11 is 0. The van der Waals surface area contributed by atoms with Gasteiger partial charge >= 0.3 is 12.2 Å². The molecule has 244 valence electrons. The van der Waals surface area contributed by atoms with Crippen LogP contribution in [0.2, 0.25) is 0 Å². The molecular weight excluding hydrogens is 605 g/mol. The van der Waals surface area contributed by atoms with E-state index in [1.807, 2.05) is 6.92 Å². The predicted octanol–water partition coefficient (Wildman–Crippen LogP) is 2.94. The topological polar surface area (TPSA) is 158 Å². The summed E-state index contributed by atoms with van der Waals surface area (Å²) in [4.78, 5) is 48.9. The van der Waals surface area contributed by atoms with Crippen LogP contribution in [0.5, 0.6) is 0 Å². The third kappa shape index (κ3) is 6.69. The third-order valence-electron chi connectivity index (χ3n) is 8.27. The van der Waals surface area contributed by atoms with Gasteiger partial charge in [0.25, 0.3) is 11.8 Å². The number of carbonyl (C=O) groups is 3. The largest absolute Gasteiger partial charge is 0.435 e. The number of nitrogens with two attached hydrogens (primary N) is 1. The number of amides is 4. The van der Waals surface area contributed by atoms with E-state index in [2.05, 4.69) is 15.4 Å². The van der Waals surface area contributed by atoms with Crippen molar-refractivity contribution in [3.05, 3.63) is 53.2 Å². The zero-order valence-corrected chi connectivity index (χ0v) is 25.5. The molecule has 16 heteroatoms. The number of nitriles is 1. The number of nitrogens with one attached hydrogen (secondary N) is 1. The van der Waals surface area contributed by atoms with Gasteiger partial charge in [0.2, 0.25) is 0 Å². The van der Waals surface area contributed by atoms with E-state index in [1.54, 1.807) is 39.0 Å². The van der Waals surface area contributed by atoms with Gasteiger partial charge in [-0.25, -0.2) is 9.78 Å². The number of anilines is 1. The Morgan fingerprint density at radius 2 is 1.83 bits per heavy atom. The van der Waals surface area contributed by atoms with Gasteiger partial charge in [-0.15, -0.1) is 0 Å². The number of piperidine rings is 1. The maximum absolute atomic E-state index is 13.7. The van der Waals surface area contributed by atoms with E-state index in [-0.39, 0.29) is 41.6 Å². The number of likely N-dealkylation sites (tertiary alicyclic amines) is 1. The molecule has 46 heavy (non-hydrogen) atoms. The number of hydrogen-bond donors (Lipinski definition) is 2. The maximum atomic E-state index is 13.7. The van der Waals surface area contributed by atoms with Crippen LogP contribution in [-0.4, -0.2) is 97.2 Å². The van der Waals surface area contributed by atoms with E-state index < -0.39 is 17.8 Å². The van der Waals surface area contributed by atoms with Crippen molar-refractivity contribution < 1.29 is 27.6 Å². The molecule has 13 nitrogen and oxygen atoms in total. The number of benzene rings is 1. The molecule has 1 atom stereocenters. The van der Waals surface area contributed by atoms with Gasteiger partial charge in [-0.1, -0.05) is 6.92 Å². The highest BCUT2D eigenvalue weighted by Crippen LogP contribution is 2.36. The van der Waals surface area contributed by atoms with Crippen molar-refractivity contribution >= 4 is 23.5 Å². The lowest BCUT2D eigenvalue weighted by molar-refractivity contribution is -0.141. The molecule has 1 unspecified atom stereocenters. The number of halogens is 3. The number of piperazine rings is 1. The van der Waals surface area contributed by atoms with Crippen molar-refractivity contribution in [1.29, 1.82) is 5.26 Å². The van der Waals surface area contributed by atoms with Gasteiger partial charge in [0, 0.05) is 69.8 Å². The van der Waals surface area contributed by atoms with Gasteiger partial charge in [-0.05, 0) is 43.0 Å². The van der Waals surface area contributed by atoms with E-state index in [0.29, 0.717) is 62.5 Å². The Morgan fingerprint density at radius 1 is 1.11 bits per heavy atom. The molecule has 4 heterocycles. The minimum atomic E-state index is -4.79. The molecule has 2 aliphatic rings. The van der Waals surface area contributed by atoms with Crippen molar-refractivity contribution in [2.45, 2.75) is 44.9 Å². The SMILES string of the molecule is CCc1cc(NC(=O)c2ncc(-c3cn(CC#N)nc3C(F)(F)F)n2C)ccc1C(=O)N1CCN(C(=O)N2CCCC(N)C2)CC1. The Kier molecular flexibility index (Phi) is 9.33. The minimum absolute atomic E-state index is 0.00171. The van der Waals surface area contributed by atoms with Crippen LogP contribution in [0.4, 0.5) is 23.7 Å². The molecule has 3 aromatic rings. The van der Waals surface area contributed by atoms with Gasteiger partial charge in [0.1, 0.15) is 6.54 Å². The first kappa shape index (κ1) is 32.5. The van der Waals surface area contributed by atoms with Crippen LogP contribution >= 0.6 is 0 Å². The number of alkyl halides is 3. The first-order valence-corrected chi connectivity index (χ1v) is 15.0. The summed E-state index contributed by atoms with van der Waals surface area (Å²) in [5, 5.41) is 15.1. The highest BCUT2D eigenvalue weighted by Gasteiger charge is 2.39. The van der Waals surface area contributed by atoms with E-state index >= 15 is 0 Å². The molecule has 2 saturated heterocycles. The fraction of sp³-hybridized carbons (Fsp3) is 0.467. The Balaban J connectivity index is 1.26. The highest BCUT2D eigenvalue weighted by molar-refractivity contribution is 6.03. The van der Waals surface area contributed by atoms with Crippen LogP contribution in [-0.2, 0) is 26.2 Å². The number of aromatic nitrogens is 4. The lowest BCUT2D eigenvalue weighted by Gasteiger charge is -2.39. The second kappa shape index (κ2) is 13.2. The fourth-order valence-electron chi connectivity index (χ4n) is 5.86. The van der Waals surface area contributed by atoms with Crippen molar-refractivity contribution in [3.8, 4) is 17.3 Å². The zero-order chi connectivity index (χ0) is 33.2. The van der Waals surface area contributed by atoms with E-state index in [1.165, 1.54) is 11.6 Å². The van der Waals surface area contributed by atoms with Gasteiger partial charge in [-0.2, -0.15) is 23.5 Å². The van der Waals surface area contributed by atoms with Crippen molar-refractivity contribution in [3.63, 3.8) is 0 Å². The molecule has 0 radical (unpaired) electrons. The minimum Gasteiger partial charge on any atom is -0.335 e. The van der Waals surface area contributed by atoms with Crippen LogP contribution in [0.3, 0.4) is 0 Å². The van der Waals surface area contributed by atoms with Gasteiger partial charge in [0.15, 0.2) is 11.5 Å². The van der Waals surface area contributed by atoms with Crippen molar-refractivity contribution in [2.24, 2.45) is 12.8 Å². The van der Waals surface area contributed by atoms with Gasteiger partial charge < -0.3 is 30.3 Å². The Morgan fingerprint density at radius 3 is 2.48 bits per heavy atom. The Hall–Kier alpha value is -4.91. The molecule has 0 bridgehead atoms. The molecule has 3 N–H and O–H groups in total. The quantitative estimate of drug-likeness (QED) is 0.419. The number of urea groups is 1. The monoisotopic (exact) mass is 640 g/mol. The maximum Gasteiger partial charge on any atom is 0.435 e. The zero-order valence-electron chi connectivity index (χ0n) is 25.5. The fourth-order valence-corrected chi connectivity index (χ4v) is 5.86. The van der Waals surface area contributed by atoms with E-state index in [9.17, 15) is 27.6 Å². The van der Waals surface area contributed by atoms with Crippen LogP contribution in [0.15, 0.2) is 30.6 Å². The van der Waals surface area contributed by atoms with Crippen LogP contribution in [0.25, 0.3) is 11.3 Å². The number of carbonyl (C=O) groups excluding carboxylic acids is 3. The lowest BCUT2D eigenvalue weighted by atomic mass is 10.0. The summed E-state index contributed by atoms with van der Waals surface area (Å²) in [6.07, 6.45) is -0.266. The van der Waals surface area contributed by atoms with Crippen molar-refractivity contribution in [2.75, 3.05) is 44.6 Å². The molecule has 0 saturated carbocycles. The van der Waals surface area contributed by atoms with Crippen LogP contribution < -0.4 is 11.1 Å². The van der Waals surface area contributed by atoms with Crippen molar-refractivity contribution in [1.82, 2.24) is 34.0 Å². The average molecular weight is 641 g/mol. The molecule has 0 spiro atoms. The van der Waals surface area contributed by atoms with Gasteiger partial charge in [-0.3, -0.25) is 14.3 Å². The Bertz CT molecular complexity index is 1670. The summed E-state index contributed by atoms with van der Waals surface area (Å²) in [5.41, 5.74) is 6.09. The summed E-state index contributed by atoms with van der Waals surface area (Å²) in [7, 11) is 1.41. The van der Waals surface area contributed by atoms with E-state index in [0.717, 1.165) is 29.9 Å². The summed E-state index contributed by atoms with van der Waals surface area (Å²) < 4.78 is 43.1. The molecule has 2 aliphatic heterocycles. The lowest BCUT2D eigenvalue weighted by Crippen LogP contribution is -2.56. The molecular formula is C30H35F3N10O3. The Labute approximate surface area is 263 Å². The summed E-state index contributed by atoms with van der Waals surface area (Å²) in [6.45, 7) is 4.34. The average Bonchev–Trinajstić information content (AvgIpc) is 3.64. The number of hydrogen-bond acceptors (Lipinski definition) is 7. The second-order valence-corrected chi connectivity index (χ2v) is 11.4. The van der Waals surface area contributed by atoms with Crippen LogP contribution in [0.1, 0.15) is 52.0 Å². The third-order valence-corrected chi connectivity index (χ3v) is 8.27.